The van der Waals surface area contributed by atoms with E-state index in [9.17, 15) is 22.8 Å². The second-order valence-corrected chi connectivity index (χ2v) is 9.99. The zero-order valence-corrected chi connectivity index (χ0v) is 18.5. The number of carbonyl (C=O) groups is 2. The van der Waals surface area contributed by atoms with Crippen LogP contribution in [0.4, 0.5) is 0 Å². The maximum absolute atomic E-state index is 12.6. The number of nitrogens with two attached hydrogens (primary N) is 1. The number of nitrogens with zero attached hydrogens (tertiary/aromatic N) is 2. The number of primary amides is 1. The van der Waals surface area contributed by atoms with Gasteiger partial charge in [0.1, 0.15) is 0 Å². The van der Waals surface area contributed by atoms with Crippen LogP contribution >= 0.6 is 0 Å². The van der Waals surface area contributed by atoms with E-state index in [4.69, 9.17) is 10.5 Å². The third kappa shape index (κ3) is 4.73. The fourth-order valence-electron chi connectivity index (χ4n) is 4.32. The summed E-state index contributed by atoms with van der Waals surface area (Å²) in [6.45, 7) is 5.39. The quantitative estimate of drug-likeness (QED) is 0.472. The van der Waals surface area contributed by atoms with E-state index in [-0.39, 0.29) is 42.6 Å². The van der Waals surface area contributed by atoms with Gasteiger partial charge in [0.15, 0.2) is 9.84 Å². The van der Waals surface area contributed by atoms with Crippen molar-refractivity contribution >= 4 is 21.7 Å². The van der Waals surface area contributed by atoms with E-state index in [0.29, 0.717) is 29.1 Å². The maximum atomic E-state index is 12.6. The molecular formula is C19H27N5O6S. The molecule has 1 amide bonds. The summed E-state index contributed by atoms with van der Waals surface area (Å²) in [5, 5.41) is 9.71. The zero-order valence-electron chi connectivity index (χ0n) is 17.7. The van der Waals surface area contributed by atoms with Gasteiger partial charge in [-0.2, -0.15) is 5.10 Å². The highest BCUT2D eigenvalue weighted by Crippen LogP contribution is 2.35. The minimum Gasteiger partial charge on any atom is -0.466 e. The van der Waals surface area contributed by atoms with Crippen LogP contribution in [-0.2, 0) is 30.6 Å². The van der Waals surface area contributed by atoms with Gasteiger partial charge in [0.2, 0.25) is 5.91 Å². The van der Waals surface area contributed by atoms with Crippen molar-refractivity contribution in [3.8, 4) is 0 Å². The van der Waals surface area contributed by atoms with E-state index in [1.54, 1.807) is 25.5 Å². The second-order valence-electron chi connectivity index (χ2n) is 7.76. The summed E-state index contributed by atoms with van der Waals surface area (Å²) in [4.78, 5) is 36.6. The average Bonchev–Trinajstić information content (AvgIpc) is 3.29. The van der Waals surface area contributed by atoms with E-state index in [2.05, 4.69) is 15.3 Å². The van der Waals surface area contributed by atoms with Gasteiger partial charge in [0.05, 0.1) is 42.0 Å². The number of amides is 1. The monoisotopic (exact) mass is 453 g/mol. The Kier molecular flexibility index (Phi) is 6.39. The molecule has 0 unspecified atom stereocenters. The Morgan fingerprint density at radius 2 is 2.00 bits per heavy atom. The number of rotatable bonds is 8. The number of nitrogens with one attached hydrogen (secondary N) is 2. The first-order chi connectivity index (χ1) is 14.5. The molecule has 0 radical (unpaired) electrons. The number of esters is 1. The molecule has 170 valence electrons. The second kappa shape index (κ2) is 8.69. The number of hydrogen-bond donors (Lipinski definition) is 3. The van der Waals surface area contributed by atoms with E-state index < -0.39 is 33.2 Å². The van der Waals surface area contributed by atoms with Crippen molar-refractivity contribution < 1.29 is 22.7 Å². The van der Waals surface area contributed by atoms with Crippen LogP contribution in [0.15, 0.2) is 4.79 Å². The molecule has 3 rings (SSSR count). The molecule has 0 aliphatic carbocycles. The number of ether oxygens (including phenoxy) is 1. The van der Waals surface area contributed by atoms with Crippen LogP contribution in [0.2, 0.25) is 0 Å². The van der Waals surface area contributed by atoms with Gasteiger partial charge in [-0.25, -0.2) is 8.42 Å². The van der Waals surface area contributed by atoms with Crippen molar-refractivity contribution in [1.29, 1.82) is 0 Å². The molecule has 1 aliphatic rings. The Hall–Kier alpha value is -2.89. The zero-order chi connectivity index (χ0) is 22.9. The van der Waals surface area contributed by atoms with Crippen LogP contribution in [-0.4, -0.2) is 58.4 Å². The van der Waals surface area contributed by atoms with Gasteiger partial charge >= 0.3 is 5.97 Å². The van der Waals surface area contributed by atoms with Crippen LogP contribution in [0.25, 0.3) is 0 Å². The molecule has 2 aromatic rings. The summed E-state index contributed by atoms with van der Waals surface area (Å²) in [6.07, 6.45) is 0.0977. The summed E-state index contributed by atoms with van der Waals surface area (Å²) in [5.41, 5.74) is 7.40. The first kappa shape index (κ1) is 22.8. The van der Waals surface area contributed by atoms with Gasteiger partial charge in [-0.3, -0.25) is 24.2 Å². The van der Waals surface area contributed by atoms with Crippen LogP contribution < -0.4 is 11.3 Å². The lowest BCUT2D eigenvalue weighted by Gasteiger charge is -2.17. The van der Waals surface area contributed by atoms with E-state index in [1.807, 2.05) is 0 Å². The van der Waals surface area contributed by atoms with Crippen LogP contribution in [0.3, 0.4) is 0 Å². The Bertz CT molecular complexity index is 1160. The van der Waals surface area contributed by atoms with Gasteiger partial charge in [-0.15, -0.1) is 0 Å². The van der Waals surface area contributed by atoms with E-state index in [1.165, 1.54) is 0 Å². The number of sulfone groups is 1. The molecule has 3 heterocycles. The predicted octanol–water partition coefficient (Wildman–Crippen LogP) is -0.0112. The molecule has 4 N–H and O–H groups in total. The van der Waals surface area contributed by atoms with Gasteiger partial charge in [-0.05, 0) is 27.2 Å². The highest BCUT2D eigenvalue weighted by molar-refractivity contribution is 7.91. The molecule has 1 fully saturated rings. The molecule has 1 saturated heterocycles. The standard InChI is InChI=1S/C19H27N5O6S/c1-4-30-16(26)8-14-18(19(27)22-21-14)13(7-15(20)25)17-10(2)23-24(11(17)3)12-5-6-31(28,29)9-12/h12-13H,4-9H2,1-3H3,(H2,20,25)(H2,21,22,27)/t12-,13+/m0/s1. The Morgan fingerprint density at radius 1 is 1.29 bits per heavy atom. The van der Waals surface area contributed by atoms with E-state index in [0.717, 1.165) is 0 Å². The number of H-pyrrole nitrogens is 2. The van der Waals surface area contributed by atoms with Crippen LogP contribution in [0.1, 0.15) is 59.9 Å². The fourth-order valence-corrected chi connectivity index (χ4v) is 6.01. The van der Waals surface area contributed by atoms with Crippen molar-refractivity contribution in [2.75, 3.05) is 18.1 Å². The smallest absolute Gasteiger partial charge is 0.311 e. The first-order valence-electron chi connectivity index (χ1n) is 10.0. The Labute approximate surface area is 179 Å². The number of aromatic amines is 2. The average molecular weight is 454 g/mol. The third-order valence-corrected chi connectivity index (χ3v) is 7.31. The lowest BCUT2D eigenvalue weighted by atomic mass is 9.86. The van der Waals surface area contributed by atoms with Crippen molar-refractivity contribution in [1.82, 2.24) is 20.0 Å². The lowest BCUT2D eigenvalue weighted by Crippen LogP contribution is -2.23. The largest absolute Gasteiger partial charge is 0.466 e. The number of aryl methyl sites for hydroxylation is 1. The molecule has 0 aromatic carbocycles. The van der Waals surface area contributed by atoms with Crippen molar-refractivity contribution in [3.63, 3.8) is 0 Å². The summed E-state index contributed by atoms with van der Waals surface area (Å²) in [5.74, 6) is -1.80. The highest BCUT2D eigenvalue weighted by Gasteiger charge is 2.35. The SMILES string of the molecule is CCOC(=O)Cc1[nH][nH]c(=O)c1[C@H](CC(N)=O)c1c(C)nn([C@H]2CCS(=O)(=O)C2)c1C. The molecule has 31 heavy (non-hydrogen) atoms. The first-order valence-corrected chi connectivity index (χ1v) is 11.9. The normalized spacial score (nSPS) is 18.7. The summed E-state index contributed by atoms with van der Waals surface area (Å²) >= 11 is 0. The predicted molar refractivity (Wildman–Crippen MR) is 111 cm³/mol. The molecule has 11 nitrogen and oxygen atoms in total. The highest BCUT2D eigenvalue weighted by atomic mass is 32.2. The number of carbonyl (C=O) groups excluding carboxylic acids is 2. The third-order valence-electron chi connectivity index (χ3n) is 5.56. The number of aromatic nitrogens is 4. The summed E-state index contributed by atoms with van der Waals surface area (Å²) < 4.78 is 30.5. The molecule has 12 heteroatoms. The van der Waals surface area contributed by atoms with Gasteiger partial charge < -0.3 is 15.6 Å². The summed E-state index contributed by atoms with van der Waals surface area (Å²) in [7, 11) is -3.13. The molecule has 0 bridgehead atoms. The van der Waals surface area contributed by atoms with Gasteiger partial charge in [0.25, 0.3) is 5.56 Å². The minimum absolute atomic E-state index is 0.00622. The number of hydrogen-bond acceptors (Lipinski definition) is 7. The van der Waals surface area contributed by atoms with Gasteiger partial charge in [0, 0.05) is 29.2 Å². The van der Waals surface area contributed by atoms with Crippen LogP contribution in [0.5, 0.6) is 0 Å². The van der Waals surface area contributed by atoms with Crippen LogP contribution in [0, 0.1) is 13.8 Å². The molecule has 2 aromatic heterocycles. The summed E-state index contributed by atoms with van der Waals surface area (Å²) in [6, 6.07) is -0.310. The molecule has 0 spiro atoms. The molecule has 1 aliphatic heterocycles. The van der Waals surface area contributed by atoms with E-state index >= 15 is 0 Å². The maximum Gasteiger partial charge on any atom is 0.311 e. The Morgan fingerprint density at radius 3 is 2.58 bits per heavy atom. The molecule has 0 saturated carbocycles. The molecular weight excluding hydrogens is 426 g/mol. The van der Waals surface area contributed by atoms with Crippen molar-refractivity contribution in [2.24, 2.45) is 5.73 Å². The topological polar surface area (TPSA) is 170 Å². The van der Waals surface area contributed by atoms with Crippen molar-refractivity contribution in [2.45, 2.75) is 52.0 Å². The van der Waals surface area contributed by atoms with Crippen molar-refractivity contribution in [3.05, 3.63) is 38.6 Å². The molecule has 2 atom stereocenters. The minimum atomic E-state index is -3.13. The van der Waals surface area contributed by atoms with Gasteiger partial charge in [-0.1, -0.05) is 0 Å². The lowest BCUT2D eigenvalue weighted by molar-refractivity contribution is -0.142. The Balaban J connectivity index is 2.08. The fraction of sp³-hybridized carbons (Fsp3) is 0.579.